The molecule has 1 aromatic rings. The van der Waals surface area contributed by atoms with Gasteiger partial charge in [-0.2, -0.15) is 0 Å². The van der Waals surface area contributed by atoms with Crippen molar-refractivity contribution in [2.24, 2.45) is 17.8 Å². The number of hydrogen-bond acceptors (Lipinski definition) is 1. The van der Waals surface area contributed by atoms with Crippen LogP contribution in [0.3, 0.4) is 0 Å². The summed E-state index contributed by atoms with van der Waals surface area (Å²) in [4.78, 5) is 12.0. The van der Waals surface area contributed by atoms with Crippen LogP contribution in [-0.4, -0.2) is 5.78 Å². The van der Waals surface area contributed by atoms with Crippen LogP contribution >= 0.6 is 0 Å². The van der Waals surface area contributed by atoms with E-state index < -0.39 is 0 Å². The highest BCUT2D eigenvalue weighted by Crippen LogP contribution is 2.32. The van der Waals surface area contributed by atoms with Crippen LogP contribution in [-0.2, 0) is 12.8 Å². The number of hydrogen-bond donors (Lipinski definition) is 0. The molecule has 0 fully saturated rings. The molecule has 2 rings (SSSR count). The van der Waals surface area contributed by atoms with Gasteiger partial charge in [0.05, 0.1) is 0 Å². The molecule has 1 nitrogen and oxygen atoms in total. The van der Waals surface area contributed by atoms with Crippen LogP contribution in [0.25, 0.3) is 0 Å². The normalized spacial score (nSPS) is 18.8. The highest BCUT2D eigenvalue weighted by molar-refractivity contribution is 5.97. The van der Waals surface area contributed by atoms with Crippen LogP contribution < -0.4 is 0 Å². The molecular weight excluding hydrogens is 208 g/mol. The van der Waals surface area contributed by atoms with Crippen molar-refractivity contribution in [2.75, 3.05) is 0 Å². The second kappa shape index (κ2) is 4.64. The minimum Gasteiger partial charge on any atom is -0.294 e. The van der Waals surface area contributed by atoms with E-state index in [2.05, 4.69) is 26.0 Å². The third-order valence-electron chi connectivity index (χ3n) is 3.92. The lowest BCUT2D eigenvalue weighted by Gasteiger charge is -2.12. The number of carbonyl (C=O) groups is 1. The maximum absolute atomic E-state index is 12.0. The van der Waals surface area contributed by atoms with Gasteiger partial charge in [-0.1, -0.05) is 39.8 Å². The van der Waals surface area contributed by atoms with Crippen LogP contribution in [0.2, 0.25) is 0 Å². The number of ketones is 1. The van der Waals surface area contributed by atoms with Gasteiger partial charge in [0.2, 0.25) is 0 Å². The fourth-order valence-electron chi connectivity index (χ4n) is 2.61. The Balaban J connectivity index is 2.24. The molecule has 0 saturated heterocycles. The average Bonchev–Trinajstić information content (AvgIpc) is 2.70. The first-order chi connectivity index (χ1) is 7.99. The van der Waals surface area contributed by atoms with Crippen LogP contribution in [0.4, 0.5) is 0 Å². The first kappa shape index (κ1) is 12.3. The van der Waals surface area contributed by atoms with Crippen LogP contribution in [0.15, 0.2) is 18.2 Å². The van der Waals surface area contributed by atoms with Gasteiger partial charge >= 0.3 is 0 Å². The maximum atomic E-state index is 12.0. The Hall–Kier alpha value is -1.11. The summed E-state index contributed by atoms with van der Waals surface area (Å²) in [6.45, 7) is 8.51. The van der Waals surface area contributed by atoms with Gasteiger partial charge in [0, 0.05) is 11.5 Å². The van der Waals surface area contributed by atoms with E-state index in [1.165, 1.54) is 17.5 Å². The highest BCUT2D eigenvalue weighted by atomic mass is 16.1. The van der Waals surface area contributed by atoms with E-state index in [0.717, 1.165) is 23.8 Å². The molecule has 0 aliphatic heterocycles. The van der Waals surface area contributed by atoms with Crippen LogP contribution in [0.1, 0.15) is 49.2 Å². The number of carbonyl (C=O) groups excluding carboxylic acids is 1. The predicted molar refractivity (Wildman–Crippen MR) is 71.3 cm³/mol. The first-order valence-electron chi connectivity index (χ1n) is 6.65. The minimum atomic E-state index is 0.0929. The quantitative estimate of drug-likeness (QED) is 0.720. The van der Waals surface area contributed by atoms with Crippen molar-refractivity contribution in [3.05, 3.63) is 34.9 Å². The average molecular weight is 230 g/mol. The van der Waals surface area contributed by atoms with Gasteiger partial charge < -0.3 is 0 Å². The number of Topliss-reactive ketones (excluding diaryl/α,β-unsaturated/α-hetero) is 1. The SMILES string of the molecule is CC(C)C(=O)c1ccc2c(c1)CC(C(C)C)C2. The monoisotopic (exact) mass is 230 g/mol. The molecule has 92 valence electrons. The second-order valence-corrected chi connectivity index (χ2v) is 5.91. The van der Waals surface area contributed by atoms with Crippen molar-refractivity contribution in [1.82, 2.24) is 0 Å². The van der Waals surface area contributed by atoms with E-state index in [1.807, 2.05) is 19.9 Å². The van der Waals surface area contributed by atoms with E-state index >= 15 is 0 Å². The van der Waals surface area contributed by atoms with E-state index in [9.17, 15) is 4.79 Å². The molecular formula is C16H22O. The Bertz CT molecular complexity index is 429. The smallest absolute Gasteiger partial charge is 0.165 e. The van der Waals surface area contributed by atoms with E-state index in [-0.39, 0.29) is 11.7 Å². The molecule has 0 aromatic heterocycles. The fraction of sp³-hybridized carbons (Fsp3) is 0.562. The Morgan fingerprint density at radius 3 is 2.35 bits per heavy atom. The maximum Gasteiger partial charge on any atom is 0.165 e. The van der Waals surface area contributed by atoms with Crippen molar-refractivity contribution in [2.45, 2.75) is 40.5 Å². The Morgan fingerprint density at radius 1 is 1.12 bits per heavy atom. The third kappa shape index (κ3) is 2.43. The molecule has 0 saturated carbocycles. The molecule has 0 radical (unpaired) electrons. The van der Waals surface area contributed by atoms with E-state index in [4.69, 9.17) is 0 Å². The van der Waals surface area contributed by atoms with Crippen molar-refractivity contribution in [3.8, 4) is 0 Å². The molecule has 1 unspecified atom stereocenters. The van der Waals surface area contributed by atoms with Gasteiger partial charge in [0.15, 0.2) is 5.78 Å². The molecule has 1 heteroatoms. The summed E-state index contributed by atoms with van der Waals surface area (Å²) in [6, 6.07) is 6.29. The summed E-state index contributed by atoms with van der Waals surface area (Å²) < 4.78 is 0. The summed E-state index contributed by atoms with van der Waals surface area (Å²) in [5, 5.41) is 0. The van der Waals surface area contributed by atoms with Gasteiger partial charge in [0.1, 0.15) is 0 Å². The zero-order chi connectivity index (χ0) is 12.6. The molecule has 17 heavy (non-hydrogen) atoms. The molecule has 0 bridgehead atoms. The Kier molecular flexibility index (Phi) is 3.37. The third-order valence-corrected chi connectivity index (χ3v) is 3.92. The molecule has 1 aliphatic rings. The summed E-state index contributed by atoms with van der Waals surface area (Å²) in [5.74, 6) is 1.84. The van der Waals surface area contributed by atoms with Crippen LogP contribution in [0, 0.1) is 17.8 Å². The van der Waals surface area contributed by atoms with Gasteiger partial charge in [-0.05, 0) is 41.9 Å². The summed E-state index contributed by atoms with van der Waals surface area (Å²) >= 11 is 0. The number of fused-ring (bicyclic) bond motifs is 1. The van der Waals surface area contributed by atoms with Crippen molar-refractivity contribution < 1.29 is 4.79 Å². The van der Waals surface area contributed by atoms with Gasteiger partial charge in [-0.3, -0.25) is 4.79 Å². The highest BCUT2D eigenvalue weighted by Gasteiger charge is 2.24. The topological polar surface area (TPSA) is 17.1 Å². The minimum absolute atomic E-state index is 0.0929. The second-order valence-electron chi connectivity index (χ2n) is 5.91. The Labute approximate surface area is 104 Å². The first-order valence-corrected chi connectivity index (χ1v) is 6.65. The summed E-state index contributed by atoms with van der Waals surface area (Å²) in [6.07, 6.45) is 2.33. The van der Waals surface area contributed by atoms with Gasteiger partial charge in [0.25, 0.3) is 0 Å². The molecule has 0 amide bonds. The molecule has 0 spiro atoms. The lowest BCUT2D eigenvalue weighted by atomic mass is 9.93. The molecule has 1 aliphatic carbocycles. The summed E-state index contributed by atoms with van der Waals surface area (Å²) in [7, 11) is 0. The van der Waals surface area contributed by atoms with Crippen molar-refractivity contribution in [3.63, 3.8) is 0 Å². The number of rotatable bonds is 3. The molecule has 1 aromatic carbocycles. The van der Waals surface area contributed by atoms with Crippen LogP contribution in [0.5, 0.6) is 0 Å². The molecule has 0 N–H and O–H groups in total. The predicted octanol–water partition coefficient (Wildman–Crippen LogP) is 3.90. The standard InChI is InChI=1S/C16H22O/c1-10(2)14-7-12-5-6-13(8-15(12)9-14)16(17)11(3)4/h5-6,8,10-11,14H,7,9H2,1-4H3. The largest absolute Gasteiger partial charge is 0.294 e. The van der Waals surface area contributed by atoms with Gasteiger partial charge in [-0.15, -0.1) is 0 Å². The zero-order valence-corrected chi connectivity index (χ0v) is 11.3. The zero-order valence-electron chi connectivity index (χ0n) is 11.3. The molecule has 0 heterocycles. The van der Waals surface area contributed by atoms with E-state index in [0.29, 0.717) is 0 Å². The lowest BCUT2D eigenvalue weighted by molar-refractivity contribution is 0.0939. The van der Waals surface area contributed by atoms with Crippen molar-refractivity contribution in [1.29, 1.82) is 0 Å². The lowest BCUT2D eigenvalue weighted by Crippen LogP contribution is -2.08. The fourth-order valence-corrected chi connectivity index (χ4v) is 2.61. The summed E-state index contributed by atoms with van der Waals surface area (Å²) in [5.41, 5.74) is 3.74. The van der Waals surface area contributed by atoms with Gasteiger partial charge in [-0.25, -0.2) is 0 Å². The van der Waals surface area contributed by atoms with E-state index in [1.54, 1.807) is 0 Å². The van der Waals surface area contributed by atoms with Crippen molar-refractivity contribution >= 4 is 5.78 Å². The Morgan fingerprint density at radius 2 is 1.76 bits per heavy atom. The molecule has 1 atom stereocenters. The number of benzene rings is 1.